The van der Waals surface area contributed by atoms with Crippen LogP contribution in [0.1, 0.15) is 44.6 Å². The van der Waals surface area contributed by atoms with E-state index in [1.165, 1.54) is 37.7 Å². The number of likely N-dealkylation sites (tertiary alicyclic amines) is 1. The average molecular weight is 445 g/mol. The number of ether oxygens (including phenoxy) is 2. The minimum atomic E-state index is -0.510. The molecule has 0 saturated carbocycles. The summed E-state index contributed by atoms with van der Waals surface area (Å²) in [6, 6.07) is 8.03. The quantitative estimate of drug-likeness (QED) is 0.541. The van der Waals surface area contributed by atoms with Crippen LogP contribution in [0.4, 0.5) is 0 Å². The molecule has 2 heterocycles. The molecule has 7 heteroatoms. The van der Waals surface area contributed by atoms with Gasteiger partial charge in [-0.25, -0.2) is 0 Å². The fraction of sp³-hybridized carbons (Fsp3) is 0.640. The van der Waals surface area contributed by atoms with Crippen LogP contribution < -0.4 is 9.47 Å². The fourth-order valence-electron chi connectivity index (χ4n) is 4.25. The lowest BCUT2D eigenvalue weighted by Crippen LogP contribution is -2.37. The van der Waals surface area contributed by atoms with Gasteiger partial charge in [0.2, 0.25) is 0 Å². The summed E-state index contributed by atoms with van der Waals surface area (Å²) in [5.41, 5.74) is 1.17. The molecule has 0 aliphatic carbocycles. The first-order valence-corrected chi connectivity index (χ1v) is 12.1. The SMILES string of the molecule is CCN(CCn1cccn1)Cc1ccc(OC)c(OCC(O)CN2CCCCCCC2)c1. The molecular formula is C25H40N4O3. The molecule has 1 saturated heterocycles. The van der Waals surface area contributed by atoms with E-state index in [9.17, 15) is 5.11 Å². The molecule has 0 amide bonds. The molecular weight excluding hydrogens is 404 g/mol. The maximum Gasteiger partial charge on any atom is 0.161 e. The molecule has 1 atom stereocenters. The highest BCUT2D eigenvalue weighted by atomic mass is 16.5. The van der Waals surface area contributed by atoms with Crippen LogP contribution >= 0.6 is 0 Å². The summed E-state index contributed by atoms with van der Waals surface area (Å²) >= 11 is 0. The normalized spacial score (nSPS) is 16.5. The number of β-amino-alcohol motifs (C(OH)–C–C–N with tert-alkyl or cyclic N) is 1. The Balaban J connectivity index is 1.52. The van der Waals surface area contributed by atoms with Gasteiger partial charge in [0.05, 0.1) is 13.7 Å². The fourth-order valence-corrected chi connectivity index (χ4v) is 4.25. The van der Waals surface area contributed by atoms with Crippen molar-refractivity contribution in [3.05, 3.63) is 42.2 Å². The molecule has 1 aromatic carbocycles. The number of benzene rings is 1. The number of hydrogen-bond donors (Lipinski definition) is 1. The van der Waals surface area contributed by atoms with Crippen LogP contribution in [0.25, 0.3) is 0 Å². The van der Waals surface area contributed by atoms with Crippen molar-refractivity contribution in [2.45, 2.75) is 58.2 Å². The van der Waals surface area contributed by atoms with E-state index >= 15 is 0 Å². The largest absolute Gasteiger partial charge is 0.493 e. The predicted molar refractivity (Wildman–Crippen MR) is 127 cm³/mol. The second kappa shape index (κ2) is 13.5. The second-order valence-electron chi connectivity index (χ2n) is 8.66. The van der Waals surface area contributed by atoms with Gasteiger partial charge in [-0.1, -0.05) is 32.3 Å². The molecule has 0 bridgehead atoms. The van der Waals surface area contributed by atoms with Gasteiger partial charge in [-0.2, -0.15) is 5.10 Å². The topological polar surface area (TPSA) is 63.0 Å². The second-order valence-corrected chi connectivity index (χ2v) is 8.66. The summed E-state index contributed by atoms with van der Waals surface area (Å²) in [5.74, 6) is 1.40. The summed E-state index contributed by atoms with van der Waals surface area (Å²) in [6.45, 7) is 8.82. The number of aliphatic hydroxyl groups excluding tert-OH is 1. The number of aromatic nitrogens is 2. The molecule has 1 aliphatic rings. The number of methoxy groups -OCH3 is 1. The molecule has 3 rings (SSSR count). The minimum absolute atomic E-state index is 0.271. The maximum absolute atomic E-state index is 10.6. The third kappa shape index (κ3) is 8.11. The molecule has 2 aromatic rings. The van der Waals surface area contributed by atoms with Gasteiger partial charge in [0.1, 0.15) is 12.7 Å². The van der Waals surface area contributed by atoms with Crippen molar-refractivity contribution in [3.8, 4) is 11.5 Å². The lowest BCUT2D eigenvalue weighted by atomic mass is 10.1. The summed E-state index contributed by atoms with van der Waals surface area (Å²) in [6.07, 6.45) is 9.67. The molecule has 1 N–H and O–H groups in total. The highest BCUT2D eigenvalue weighted by molar-refractivity contribution is 5.43. The van der Waals surface area contributed by atoms with E-state index in [-0.39, 0.29) is 6.61 Å². The predicted octanol–water partition coefficient (Wildman–Crippen LogP) is 3.42. The van der Waals surface area contributed by atoms with Crippen LogP contribution in [-0.2, 0) is 13.1 Å². The van der Waals surface area contributed by atoms with Crippen molar-refractivity contribution < 1.29 is 14.6 Å². The van der Waals surface area contributed by atoms with Gasteiger partial charge in [0.15, 0.2) is 11.5 Å². The Morgan fingerprint density at radius 2 is 1.91 bits per heavy atom. The van der Waals surface area contributed by atoms with Crippen LogP contribution in [0.2, 0.25) is 0 Å². The van der Waals surface area contributed by atoms with Gasteiger partial charge < -0.3 is 19.5 Å². The Labute approximate surface area is 192 Å². The molecule has 0 spiro atoms. The van der Waals surface area contributed by atoms with Crippen LogP contribution in [0.5, 0.6) is 11.5 Å². The van der Waals surface area contributed by atoms with E-state index in [1.807, 2.05) is 35.3 Å². The van der Waals surface area contributed by atoms with Crippen molar-refractivity contribution in [3.63, 3.8) is 0 Å². The van der Waals surface area contributed by atoms with E-state index in [0.717, 1.165) is 39.3 Å². The van der Waals surface area contributed by atoms with E-state index in [0.29, 0.717) is 18.0 Å². The van der Waals surface area contributed by atoms with Gasteiger partial charge in [-0.15, -0.1) is 0 Å². The highest BCUT2D eigenvalue weighted by Gasteiger charge is 2.15. The zero-order valence-corrected chi connectivity index (χ0v) is 19.8. The number of hydrogen-bond acceptors (Lipinski definition) is 6. The summed E-state index contributed by atoms with van der Waals surface area (Å²) < 4.78 is 13.5. The van der Waals surface area contributed by atoms with Gasteiger partial charge in [0.25, 0.3) is 0 Å². The molecule has 178 valence electrons. The van der Waals surface area contributed by atoms with Crippen molar-refractivity contribution in [1.29, 1.82) is 0 Å². The van der Waals surface area contributed by atoms with Crippen LogP contribution in [-0.4, -0.2) is 77.2 Å². The Kier molecular flexibility index (Phi) is 10.3. The minimum Gasteiger partial charge on any atom is -0.493 e. The first-order chi connectivity index (χ1) is 15.7. The number of aliphatic hydroxyl groups is 1. The van der Waals surface area contributed by atoms with Gasteiger partial charge in [-0.3, -0.25) is 9.58 Å². The smallest absolute Gasteiger partial charge is 0.161 e. The van der Waals surface area contributed by atoms with Gasteiger partial charge in [-0.05, 0) is 56.2 Å². The monoisotopic (exact) mass is 444 g/mol. The molecule has 1 aliphatic heterocycles. The molecule has 32 heavy (non-hydrogen) atoms. The van der Waals surface area contributed by atoms with Crippen LogP contribution in [0.15, 0.2) is 36.7 Å². The zero-order chi connectivity index (χ0) is 22.6. The van der Waals surface area contributed by atoms with Crippen molar-refractivity contribution in [1.82, 2.24) is 19.6 Å². The molecule has 1 aromatic heterocycles. The lowest BCUT2D eigenvalue weighted by Gasteiger charge is -2.27. The highest BCUT2D eigenvalue weighted by Crippen LogP contribution is 2.29. The zero-order valence-electron chi connectivity index (χ0n) is 19.8. The van der Waals surface area contributed by atoms with Crippen molar-refractivity contribution >= 4 is 0 Å². The number of rotatable bonds is 12. The standard InChI is InChI=1S/C25H40N4O3/c1-3-27(16-17-29-15-9-12-26-29)19-22-10-11-24(31-2)25(18-22)32-21-23(30)20-28-13-7-5-4-6-8-14-28/h9-12,15,18,23,30H,3-8,13-14,16-17,19-21H2,1-2H3. The first kappa shape index (κ1) is 24.6. The maximum atomic E-state index is 10.6. The van der Waals surface area contributed by atoms with Crippen LogP contribution in [0, 0.1) is 0 Å². The van der Waals surface area contributed by atoms with Crippen molar-refractivity contribution in [2.24, 2.45) is 0 Å². The van der Waals surface area contributed by atoms with Crippen molar-refractivity contribution in [2.75, 3.05) is 46.4 Å². The van der Waals surface area contributed by atoms with Gasteiger partial charge in [0, 0.05) is 32.0 Å². The summed E-state index contributed by atoms with van der Waals surface area (Å²) in [7, 11) is 1.65. The number of likely N-dealkylation sites (N-methyl/N-ethyl adjacent to an activating group) is 1. The average Bonchev–Trinajstić information content (AvgIpc) is 3.30. The Bertz CT molecular complexity index is 761. The molecule has 1 fully saturated rings. The van der Waals surface area contributed by atoms with Gasteiger partial charge >= 0.3 is 0 Å². The molecule has 0 radical (unpaired) electrons. The molecule has 7 nitrogen and oxygen atoms in total. The van der Waals surface area contributed by atoms with E-state index in [1.54, 1.807) is 7.11 Å². The first-order valence-electron chi connectivity index (χ1n) is 12.1. The third-order valence-corrected chi connectivity index (χ3v) is 6.13. The van der Waals surface area contributed by atoms with E-state index < -0.39 is 6.10 Å². The number of nitrogens with zero attached hydrogens (tertiary/aromatic N) is 4. The van der Waals surface area contributed by atoms with E-state index in [2.05, 4.69) is 27.9 Å². The van der Waals surface area contributed by atoms with Crippen LogP contribution in [0.3, 0.4) is 0 Å². The Morgan fingerprint density at radius 1 is 1.12 bits per heavy atom. The summed E-state index contributed by atoms with van der Waals surface area (Å²) in [4.78, 5) is 4.75. The lowest BCUT2D eigenvalue weighted by molar-refractivity contribution is 0.0644. The Morgan fingerprint density at radius 3 is 2.59 bits per heavy atom. The Hall–Kier alpha value is -2.09. The third-order valence-electron chi connectivity index (χ3n) is 6.13. The molecule has 1 unspecified atom stereocenters. The summed E-state index contributed by atoms with van der Waals surface area (Å²) in [5, 5.41) is 14.9. The van der Waals surface area contributed by atoms with E-state index in [4.69, 9.17) is 9.47 Å².